The summed E-state index contributed by atoms with van der Waals surface area (Å²) in [6.45, 7) is 0. The molecule has 0 atom stereocenters. The fraction of sp³-hybridized carbons (Fsp3) is 0. The quantitative estimate of drug-likeness (QED) is 0.231. The van der Waals surface area contributed by atoms with Crippen molar-refractivity contribution in [2.75, 3.05) is 0 Å². The zero-order chi connectivity index (χ0) is 22.1. The number of carbonyl (C=O) groups is 1. The van der Waals surface area contributed by atoms with E-state index in [0.29, 0.717) is 16.2 Å². The number of hydrogen-bond acceptors (Lipinski definition) is 5. The first kappa shape index (κ1) is 19.8. The molecule has 4 aromatic carbocycles. The highest BCUT2D eigenvalue weighted by Gasteiger charge is 2.15. The molecule has 0 amide bonds. The SMILES string of the molecule is O=C(Oc1ccc2c(=O)c(Oc3ccc4ccccc4c3)coc2c1)c1ccccc1Cl. The normalized spacial score (nSPS) is 10.9. The Morgan fingerprint density at radius 2 is 1.56 bits per heavy atom. The van der Waals surface area contributed by atoms with Crippen molar-refractivity contribution in [3.63, 3.8) is 0 Å². The number of hydrogen-bond donors (Lipinski definition) is 0. The highest BCUT2D eigenvalue weighted by atomic mass is 35.5. The van der Waals surface area contributed by atoms with E-state index < -0.39 is 5.97 Å². The average Bonchev–Trinajstić information content (AvgIpc) is 2.81. The molecular weight excluding hydrogens is 428 g/mol. The molecule has 0 fully saturated rings. The third-order valence-electron chi connectivity index (χ3n) is 4.97. The van der Waals surface area contributed by atoms with Crippen molar-refractivity contribution >= 4 is 39.3 Å². The van der Waals surface area contributed by atoms with Gasteiger partial charge in [0.25, 0.3) is 0 Å². The highest BCUT2D eigenvalue weighted by Crippen LogP contribution is 2.27. The molecule has 5 nitrogen and oxygen atoms in total. The summed E-state index contributed by atoms with van der Waals surface area (Å²) in [5, 5.41) is 2.67. The number of halogens is 1. The van der Waals surface area contributed by atoms with E-state index in [2.05, 4.69) is 0 Å². The summed E-state index contributed by atoms with van der Waals surface area (Å²) in [7, 11) is 0. The van der Waals surface area contributed by atoms with Crippen molar-refractivity contribution in [1.82, 2.24) is 0 Å². The predicted molar refractivity (Wildman–Crippen MR) is 123 cm³/mol. The van der Waals surface area contributed by atoms with Gasteiger partial charge in [0.1, 0.15) is 23.3 Å². The van der Waals surface area contributed by atoms with E-state index in [1.165, 1.54) is 24.5 Å². The van der Waals surface area contributed by atoms with Gasteiger partial charge in [-0.05, 0) is 47.2 Å². The Balaban J connectivity index is 1.42. The van der Waals surface area contributed by atoms with Gasteiger partial charge in [0, 0.05) is 6.07 Å². The molecule has 32 heavy (non-hydrogen) atoms. The first-order valence-electron chi connectivity index (χ1n) is 9.77. The maximum absolute atomic E-state index is 12.9. The molecule has 0 saturated heterocycles. The van der Waals surface area contributed by atoms with Gasteiger partial charge in [0.2, 0.25) is 11.2 Å². The molecule has 0 aliphatic rings. The third-order valence-corrected chi connectivity index (χ3v) is 5.30. The molecule has 0 radical (unpaired) electrons. The first-order valence-corrected chi connectivity index (χ1v) is 10.2. The van der Waals surface area contributed by atoms with Crippen LogP contribution in [-0.4, -0.2) is 5.97 Å². The fourth-order valence-electron chi connectivity index (χ4n) is 3.37. The first-order chi connectivity index (χ1) is 15.6. The van der Waals surface area contributed by atoms with Crippen LogP contribution in [0.5, 0.6) is 17.2 Å². The van der Waals surface area contributed by atoms with E-state index in [1.807, 2.05) is 36.4 Å². The van der Waals surface area contributed by atoms with Gasteiger partial charge in [0.15, 0.2) is 0 Å². The van der Waals surface area contributed by atoms with Gasteiger partial charge in [-0.15, -0.1) is 0 Å². The average molecular weight is 443 g/mol. The summed E-state index contributed by atoms with van der Waals surface area (Å²) >= 11 is 6.04. The van der Waals surface area contributed by atoms with E-state index >= 15 is 0 Å². The molecule has 0 N–H and O–H groups in total. The van der Waals surface area contributed by atoms with E-state index in [9.17, 15) is 9.59 Å². The highest BCUT2D eigenvalue weighted by molar-refractivity contribution is 6.33. The van der Waals surface area contributed by atoms with Crippen LogP contribution < -0.4 is 14.9 Å². The molecule has 0 bridgehead atoms. The minimum Gasteiger partial charge on any atom is -0.460 e. The lowest BCUT2D eigenvalue weighted by Gasteiger charge is -2.08. The molecule has 0 spiro atoms. The van der Waals surface area contributed by atoms with Crippen LogP contribution >= 0.6 is 11.6 Å². The number of rotatable bonds is 4. The monoisotopic (exact) mass is 442 g/mol. The molecule has 0 aliphatic carbocycles. The van der Waals surface area contributed by atoms with E-state index in [4.69, 9.17) is 25.5 Å². The Labute approximate surface area is 187 Å². The molecular formula is C26H15ClO5. The predicted octanol–water partition coefficient (Wildman–Crippen LogP) is 6.61. The summed E-state index contributed by atoms with van der Waals surface area (Å²) in [6, 6.07) is 24.6. The molecule has 1 aromatic heterocycles. The summed E-state index contributed by atoms with van der Waals surface area (Å²) in [5.41, 5.74) is 0.184. The molecule has 6 heteroatoms. The van der Waals surface area contributed by atoms with Crippen LogP contribution in [0.3, 0.4) is 0 Å². The second-order valence-corrected chi connectivity index (χ2v) is 7.47. The standard InChI is InChI=1S/C26H15ClO5/c27-22-8-4-3-7-20(22)26(29)32-19-11-12-21-23(14-19)30-15-24(25(21)28)31-18-10-9-16-5-1-2-6-17(16)13-18/h1-15H. The zero-order valence-electron chi connectivity index (χ0n) is 16.6. The summed E-state index contributed by atoms with van der Waals surface area (Å²) in [5.74, 6) is 0.219. The van der Waals surface area contributed by atoms with Crippen LogP contribution in [0.1, 0.15) is 10.4 Å². The lowest BCUT2D eigenvalue weighted by Crippen LogP contribution is -2.09. The lowest BCUT2D eigenvalue weighted by atomic mass is 10.1. The van der Waals surface area contributed by atoms with Gasteiger partial charge in [-0.25, -0.2) is 4.79 Å². The maximum atomic E-state index is 12.9. The Morgan fingerprint density at radius 3 is 2.41 bits per heavy atom. The van der Waals surface area contributed by atoms with Gasteiger partial charge in [-0.1, -0.05) is 54.1 Å². The molecule has 1 heterocycles. The molecule has 0 saturated carbocycles. The van der Waals surface area contributed by atoms with E-state index in [0.717, 1.165) is 10.8 Å². The second kappa shape index (κ2) is 8.21. The van der Waals surface area contributed by atoms with Crippen LogP contribution in [0.4, 0.5) is 0 Å². The Kier molecular flexibility index (Phi) is 5.09. The Morgan fingerprint density at radius 1 is 0.812 bits per heavy atom. The van der Waals surface area contributed by atoms with Crippen LogP contribution in [0.25, 0.3) is 21.7 Å². The Hall–Kier alpha value is -4.09. The molecule has 0 unspecified atom stereocenters. The van der Waals surface area contributed by atoms with E-state index in [1.54, 1.807) is 30.3 Å². The van der Waals surface area contributed by atoms with Crippen molar-refractivity contribution in [2.45, 2.75) is 0 Å². The number of ether oxygens (including phenoxy) is 2. The zero-order valence-corrected chi connectivity index (χ0v) is 17.3. The van der Waals surface area contributed by atoms with Gasteiger partial charge in [0.05, 0.1) is 16.0 Å². The van der Waals surface area contributed by atoms with Gasteiger partial charge in [-0.2, -0.15) is 0 Å². The number of benzene rings is 4. The molecule has 156 valence electrons. The van der Waals surface area contributed by atoms with Crippen LogP contribution in [-0.2, 0) is 0 Å². The topological polar surface area (TPSA) is 65.7 Å². The van der Waals surface area contributed by atoms with Crippen LogP contribution in [0.2, 0.25) is 5.02 Å². The van der Waals surface area contributed by atoms with E-state index in [-0.39, 0.29) is 28.1 Å². The third kappa shape index (κ3) is 3.82. The minimum absolute atomic E-state index is 0.0635. The van der Waals surface area contributed by atoms with Crippen LogP contribution in [0.15, 0.2) is 100 Å². The van der Waals surface area contributed by atoms with Gasteiger partial charge < -0.3 is 13.9 Å². The summed E-state index contributed by atoms with van der Waals surface area (Å²) < 4.78 is 16.8. The maximum Gasteiger partial charge on any atom is 0.345 e. The smallest absolute Gasteiger partial charge is 0.345 e. The molecule has 0 aliphatic heterocycles. The number of carbonyl (C=O) groups excluding carboxylic acids is 1. The number of fused-ring (bicyclic) bond motifs is 2. The largest absolute Gasteiger partial charge is 0.460 e. The number of esters is 1. The van der Waals surface area contributed by atoms with Crippen molar-refractivity contribution in [2.24, 2.45) is 0 Å². The van der Waals surface area contributed by atoms with Crippen molar-refractivity contribution in [3.8, 4) is 17.2 Å². The van der Waals surface area contributed by atoms with Crippen molar-refractivity contribution in [1.29, 1.82) is 0 Å². The fourth-order valence-corrected chi connectivity index (χ4v) is 3.58. The van der Waals surface area contributed by atoms with Crippen LogP contribution in [0, 0.1) is 0 Å². The van der Waals surface area contributed by atoms with Crippen molar-refractivity contribution in [3.05, 3.63) is 112 Å². The van der Waals surface area contributed by atoms with Crippen molar-refractivity contribution < 1.29 is 18.7 Å². The molecule has 5 rings (SSSR count). The summed E-state index contributed by atoms with van der Waals surface area (Å²) in [4.78, 5) is 25.3. The van der Waals surface area contributed by atoms with Gasteiger partial charge in [-0.3, -0.25) is 4.79 Å². The van der Waals surface area contributed by atoms with Gasteiger partial charge >= 0.3 is 5.97 Å². The second-order valence-electron chi connectivity index (χ2n) is 7.07. The Bertz CT molecular complexity index is 1540. The lowest BCUT2D eigenvalue weighted by molar-refractivity contribution is 0.0735. The summed E-state index contributed by atoms with van der Waals surface area (Å²) in [6.07, 6.45) is 1.25. The minimum atomic E-state index is -0.603. The molecule has 5 aromatic rings.